The molecule has 0 aliphatic carbocycles. The van der Waals surface area contributed by atoms with E-state index < -0.39 is 17.8 Å². The molecule has 6 rings (SSSR count). The number of benzene rings is 3. The maximum atomic E-state index is 14.0. The van der Waals surface area contributed by atoms with Gasteiger partial charge in [-0.15, -0.1) is 0 Å². The van der Waals surface area contributed by atoms with Gasteiger partial charge in [-0.05, 0) is 48.4 Å². The minimum atomic E-state index is -0.891. The van der Waals surface area contributed by atoms with Gasteiger partial charge in [0.2, 0.25) is 0 Å². The van der Waals surface area contributed by atoms with Crippen molar-refractivity contribution < 1.29 is 28.2 Å². The Bertz CT molecular complexity index is 1910. The van der Waals surface area contributed by atoms with Crippen LogP contribution in [0.15, 0.2) is 94.2 Å². The Balaban J connectivity index is 1.38. The van der Waals surface area contributed by atoms with Gasteiger partial charge in [0.15, 0.2) is 11.4 Å². The molecule has 9 nitrogen and oxygen atoms in total. The number of esters is 1. The van der Waals surface area contributed by atoms with Crippen LogP contribution in [0, 0.1) is 5.82 Å². The van der Waals surface area contributed by atoms with Crippen molar-refractivity contribution in [2.24, 2.45) is 4.99 Å². The highest BCUT2D eigenvalue weighted by molar-refractivity contribution is 7.07. The van der Waals surface area contributed by atoms with Crippen LogP contribution in [0.1, 0.15) is 29.7 Å². The van der Waals surface area contributed by atoms with E-state index in [1.54, 1.807) is 54.3 Å². The van der Waals surface area contributed by atoms with E-state index in [0.29, 0.717) is 58.2 Å². The van der Waals surface area contributed by atoms with Crippen molar-refractivity contribution in [3.05, 3.63) is 127 Å². The zero-order valence-electron chi connectivity index (χ0n) is 24.5. The summed E-state index contributed by atoms with van der Waals surface area (Å²) in [5, 5.41) is 0. The number of aromatic nitrogens is 1. The normalized spacial score (nSPS) is 16.6. The first-order valence-corrected chi connectivity index (χ1v) is 15.4. The molecule has 4 aromatic rings. The maximum Gasteiger partial charge on any atom is 0.338 e. The zero-order valence-corrected chi connectivity index (χ0v) is 25.3. The molecule has 0 radical (unpaired) electrons. The molecule has 1 amide bonds. The number of amides is 1. The van der Waals surface area contributed by atoms with Crippen molar-refractivity contribution in [3.8, 4) is 5.75 Å². The highest BCUT2D eigenvalue weighted by atomic mass is 32.1. The number of rotatable bonds is 8. The predicted molar refractivity (Wildman–Crippen MR) is 167 cm³/mol. The van der Waals surface area contributed by atoms with Crippen molar-refractivity contribution in [2.45, 2.75) is 13.0 Å². The Labute approximate surface area is 262 Å². The van der Waals surface area contributed by atoms with Crippen molar-refractivity contribution in [1.29, 1.82) is 0 Å². The molecule has 0 bridgehead atoms. The molecule has 0 spiro atoms. The van der Waals surface area contributed by atoms with Gasteiger partial charge in [0.05, 0.1) is 41.7 Å². The number of fused-ring (bicyclic) bond motifs is 1. The lowest BCUT2D eigenvalue weighted by molar-refractivity contribution is -0.139. The van der Waals surface area contributed by atoms with Crippen LogP contribution in [-0.4, -0.2) is 60.9 Å². The van der Waals surface area contributed by atoms with Gasteiger partial charge in [-0.1, -0.05) is 65.9 Å². The number of carbonyl (C=O) groups is 2. The summed E-state index contributed by atoms with van der Waals surface area (Å²) in [6.07, 6.45) is 1.74. The number of carbonyl (C=O) groups excluding carboxylic acids is 2. The van der Waals surface area contributed by atoms with Crippen molar-refractivity contribution in [1.82, 2.24) is 9.47 Å². The Morgan fingerprint density at radius 1 is 1.02 bits per heavy atom. The van der Waals surface area contributed by atoms with Crippen LogP contribution in [-0.2, 0) is 19.1 Å². The fourth-order valence-electron chi connectivity index (χ4n) is 5.26. The summed E-state index contributed by atoms with van der Waals surface area (Å²) in [6, 6.07) is 21.1. The molecular weight excluding hydrogens is 597 g/mol. The van der Waals surface area contributed by atoms with Crippen LogP contribution in [0.5, 0.6) is 5.75 Å². The van der Waals surface area contributed by atoms with Crippen LogP contribution in [0.4, 0.5) is 4.39 Å². The summed E-state index contributed by atoms with van der Waals surface area (Å²) in [5.41, 5.74) is 2.21. The molecule has 1 aromatic heterocycles. The number of hydrogen-bond acceptors (Lipinski definition) is 8. The molecule has 3 aromatic carbocycles. The van der Waals surface area contributed by atoms with E-state index in [2.05, 4.69) is 0 Å². The van der Waals surface area contributed by atoms with Gasteiger partial charge in [0.25, 0.3) is 11.5 Å². The Morgan fingerprint density at radius 2 is 1.73 bits per heavy atom. The number of ether oxygens (including phenoxy) is 3. The van der Waals surface area contributed by atoms with Gasteiger partial charge < -0.3 is 19.1 Å². The van der Waals surface area contributed by atoms with Gasteiger partial charge in [0.1, 0.15) is 11.6 Å². The lowest BCUT2D eigenvalue weighted by Crippen LogP contribution is -2.42. The third-order valence-electron chi connectivity index (χ3n) is 7.46. The summed E-state index contributed by atoms with van der Waals surface area (Å²) in [4.78, 5) is 46.8. The molecule has 1 saturated heterocycles. The third kappa shape index (κ3) is 6.50. The highest BCUT2D eigenvalue weighted by Crippen LogP contribution is 2.35. The predicted octanol–water partition coefficient (Wildman–Crippen LogP) is 3.31. The van der Waals surface area contributed by atoms with Crippen molar-refractivity contribution in [3.63, 3.8) is 0 Å². The van der Waals surface area contributed by atoms with Crippen LogP contribution in [0.25, 0.3) is 11.8 Å². The fourth-order valence-corrected chi connectivity index (χ4v) is 6.26. The summed E-state index contributed by atoms with van der Waals surface area (Å²) >= 11 is 1.19. The van der Waals surface area contributed by atoms with E-state index in [1.165, 1.54) is 28.0 Å². The van der Waals surface area contributed by atoms with Gasteiger partial charge in [-0.3, -0.25) is 14.2 Å². The first kappa shape index (κ1) is 30.2. The topological polar surface area (TPSA) is 99.4 Å². The van der Waals surface area contributed by atoms with Gasteiger partial charge in [-0.25, -0.2) is 14.2 Å². The molecule has 1 atom stereocenters. The molecule has 45 heavy (non-hydrogen) atoms. The number of hydrogen-bond donors (Lipinski definition) is 0. The molecule has 3 heterocycles. The minimum Gasteiger partial charge on any atom is -0.484 e. The maximum absolute atomic E-state index is 14.0. The molecule has 0 saturated carbocycles. The second kappa shape index (κ2) is 13.4. The quantitative estimate of drug-likeness (QED) is 0.278. The van der Waals surface area contributed by atoms with E-state index in [9.17, 15) is 18.8 Å². The lowest BCUT2D eigenvalue weighted by Gasteiger charge is -2.26. The van der Waals surface area contributed by atoms with Crippen molar-refractivity contribution >= 4 is 35.0 Å². The van der Waals surface area contributed by atoms with E-state index in [-0.39, 0.29) is 30.3 Å². The van der Waals surface area contributed by atoms with E-state index in [4.69, 9.17) is 19.2 Å². The second-order valence-electron chi connectivity index (χ2n) is 10.3. The van der Waals surface area contributed by atoms with Gasteiger partial charge >= 0.3 is 5.97 Å². The smallest absolute Gasteiger partial charge is 0.338 e. The molecule has 2 aliphatic rings. The monoisotopic (exact) mass is 627 g/mol. The van der Waals surface area contributed by atoms with Crippen LogP contribution in [0.3, 0.4) is 0 Å². The number of morpholine rings is 1. The molecule has 2 aliphatic heterocycles. The first-order valence-electron chi connectivity index (χ1n) is 14.6. The summed E-state index contributed by atoms with van der Waals surface area (Å²) in [6.45, 7) is 3.91. The van der Waals surface area contributed by atoms with Gasteiger partial charge in [0, 0.05) is 18.7 Å². The Morgan fingerprint density at radius 3 is 2.42 bits per heavy atom. The average Bonchev–Trinajstić information content (AvgIpc) is 3.38. The Kier molecular flexibility index (Phi) is 8.99. The van der Waals surface area contributed by atoms with E-state index in [0.717, 1.165) is 5.56 Å². The van der Waals surface area contributed by atoms with Crippen LogP contribution < -0.4 is 19.6 Å². The number of nitrogens with zero attached hydrogens (tertiary/aromatic N) is 3. The fraction of sp³-hybridized carbons (Fsp3) is 0.235. The number of halogens is 1. The summed E-state index contributed by atoms with van der Waals surface area (Å²) in [5.74, 6) is -0.616. The zero-order chi connectivity index (χ0) is 31.3. The first-order chi connectivity index (χ1) is 21.9. The average molecular weight is 628 g/mol. The molecule has 0 N–H and O–H groups in total. The van der Waals surface area contributed by atoms with E-state index >= 15 is 0 Å². The Hall–Kier alpha value is -4.87. The molecule has 1 fully saturated rings. The SMILES string of the molecule is CCOC(=O)C1=C(c2ccccc2)N=c2s/c(=C/c3ccc(OCC(=O)N4CCOCC4)cc3)c(=O)n2[C@@H]1c1ccc(F)cc1. The van der Waals surface area contributed by atoms with Crippen LogP contribution in [0.2, 0.25) is 0 Å². The largest absolute Gasteiger partial charge is 0.484 e. The summed E-state index contributed by atoms with van der Waals surface area (Å²) in [7, 11) is 0. The highest BCUT2D eigenvalue weighted by Gasteiger charge is 2.35. The third-order valence-corrected chi connectivity index (χ3v) is 8.45. The number of thiazole rings is 1. The summed E-state index contributed by atoms with van der Waals surface area (Å²) < 4.78 is 32.3. The lowest BCUT2D eigenvalue weighted by atomic mass is 9.93. The standard InChI is InChI=1S/C34H30FN3O6S/c1-2-43-33(41)29-30(23-6-4-3-5-7-23)36-34-38(31(29)24-10-12-25(35)13-11-24)32(40)27(45-34)20-22-8-14-26(15-9-22)44-21-28(39)37-16-18-42-19-17-37/h3-15,20,31H,2,16-19,21H2,1H3/b27-20+/t31-/m1/s1. The van der Waals surface area contributed by atoms with Gasteiger partial charge in [-0.2, -0.15) is 0 Å². The second-order valence-corrected chi connectivity index (χ2v) is 11.3. The van der Waals surface area contributed by atoms with Crippen molar-refractivity contribution in [2.75, 3.05) is 39.5 Å². The molecular formula is C34H30FN3O6S. The van der Waals surface area contributed by atoms with E-state index in [1.807, 2.05) is 30.3 Å². The molecule has 0 unspecified atom stereocenters. The minimum absolute atomic E-state index is 0.0755. The molecule has 11 heteroatoms. The van der Waals surface area contributed by atoms with Crippen LogP contribution >= 0.6 is 11.3 Å². The molecule has 230 valence electrons.